The SMILES string of the molecule is C=CCOC(=O)NNC(=O)C(N)CC(=O)O. The summed E-state index contributed by atoms with van der Waals surface area (Å²) in [6.45, 7) is 3.30. The molecule has 0 saturated heterocycles. The van der Waals surface area contributed by atoms with Gasteiger partial charge in [0, 0.05) is 0 Å². The Hall–Kier alpha value is -2.09. The molecule has 8 heteroatoms. The Labute approximate surface area is 91.4 Å². The molecule has 90 valence electrons. The van der Waals surface area contributed by atoms with E-state index in [4.69, 9.17) is 10.8 Å². The molecule has 5 N–H and O–H groups in total. The van der Waals surface area contributed by atoms with Gasteiger partial charge in [0.15, 0.2) is 0 Å². The van der Waals surface area contributed by atoms with Crippen molar-refractivity contribution >= 4 is 18.0 Å². The van der Waals surface area contributed by atoms with Crippen LogP contribution in [0.25, 0.3) is 0 Å². The van der Waals surface area contributed by atoms with Crippen LogP contribution in [0.4, 0.5) is 4.79 Å². The molecule has 2 amide bonds. The highest BCUT2D eigenvalue weighted by molar-refractivity contribution is 5.86. The zero-order valence-electron chi connectivity index (χ0n) is 8.43. The van der Waals surface area contributed by atoms with E-state index >= 15 is 0 Å². The van der Waals surface area contributed by atoms with Crippen molar-refractivity contribution in [2.75, 3.05) is 6.61 Å². The molecule has 1 unspecified atom stereocenters. The number of carbonyl (C=O) groups is 3. The van der Waals surface area contributed by atoms with Crippen molar-refractivity contribution in [3.05, 3.63) is 12.7 Å². The van der Waals surface area contributed by atoms with Crippen molar-refractivity contribution in [2.24, 2.45) is 5.73 Å². The molecule has 8 nitrogen and oxygen atoms in total. The number of carboxylic acid groups (broad SMARTS) is 1. The van der Waals surface area contributed by atoms with Gasteiger partial charge in [0.05, 0.1) is 12.5 Å². The average molecular weight is 231 g/mol. The van der Waals surface area contributed by atoms with Crippen LogP contribution in [0, 0.1) is 0 Å². The first-order valence-corrected chi connectivity index (χ1v) is 4.28. The maximum atomic E-state index is 11.1. The Morgan fingerprint density at radius 1 is 1.44 bits per heavy atom. The Morgan fingerprint density at radius 2 is 2.06 bits per heavy atom. The number of nitrogens with one attached hydrogen (secondary N) is 2. The monoisotopic (exact) mass is 231 g/mol. The van der Waals surface area contributed by atoms with Gasteiger partial charge in [-0.2, -0.15) is 0 Å². The van der Waals surface area contributed by atoms with Gasteiger partial charge in [-0.1, -0.05) is 12.7 Å². The van der Waals surface area contributed by atoms with Crippen LogP contribution in [0.1, 0.15) is 6.42 Å². The fourth-order valence-corrected chi connectivity index (χ4v) is 0.657. The van der Waals surface area contributed by atoms with Crippen molar-refractivity contribution in [1.82, 2.24) is 10.9 Å². The minimum absolute atomic E-state index is 0.0110. The van der Waals surface area contributed by atoms with E-state index in [1.807, 2.05) is 10.9 Å². The molecule has 0 saturated carbocycles. The Morgan fingerprint density at radius 3 is 2.56 bits per heavy atom. The molecule has 0 rings (SSSR count). The Bertz CT molecular complexity index is 291. The second kappa shape index (κ2) is 7.23. The standard InChI is InChI=1S/C8H13N3O5/c1-2-3-16-8(15)11-10-7(14)5(9)4-6(12)13/h2,5H,1,3-4,9H2,(H,10,14)(H,11,15)(H,12,13). The predicted molar refractivity (Wildman–Crippen MR) is 53.1 cm³/mol. The van der Waals surface area contributed by atoms with Gasteiger partial charge in [-0.15, -0.1) is 0 Å². The van der Waals surface area contributed by atoms with Crippen molar-refractivity contribution in [3.63, 3.8) is 0 Å². The summed E-state index contributed by atoms with van der Waals surface area (Å²) in [4.78, 5) is 32.1. The van der Waals surface area contributed by atoms with Gasteiger partial charge in [-0.25, -0.2) is 10.2 Å². The minimum atomic E-state index is -1.24. The number of aliphatic carboxylic acids is 1. The number of amides is 2. The van der Waals surface area contributed by atoms with Crippen LogP contribution >= 0.6 is 0 Å². The molecule has 1 atom stereocenters. The third-order valence-corrected chi connectivity index (χ3v) is 1.35. The normalized spacial score (nSPS) is 11.1. The van der Waals surface area contributed by atoms with E-state index in [2.05, 4.69) is 11.3 Å². The largest absolute Gasteiger partial charge is 0.481 e. The average Bonchev–Trinajstić information content (AvgIpc) is 2.21. The molecule has 0 aromatic carbocycles. The Balaban J connectivity index is 3.83. The third-order valence-electron chi connectivity index (χ3n) is 1.35. The summed E-state index contributed by atoms with van der Waals surface area (Å²) in [5.74, 6) is -2.03. The van der Waals surface area contributed by atoms with Gasteiger partial charge in [0.25, 0.3) is 5.91 Å². The fraction of sp³-hybridized carbons (Fsp3) is 0.375. The van der Waals surface area contributed by atoms with Crippen LogP contribution in [0.15, 0.2) is 12.7 Å². The van der Waals surface area contributed by atoms with E-state index < -0.39 is 30.4 Å². The minimum Gasteiger partial charge on any atom is -0.481 e. The van der Waals surface area contributed by atoms with Gasteiger partial charge in [0.1, 0.15) is 6.61 Å². The zero-order chi connectivity index (χ0) is 12.6. The highest BCUT2D eigenvalue weighted by atomic mass is 16.6. The summed E-state index contributed by atoms with van der Waals surface area (Å²) in [5, 5.41) is 8.34. The van der Waals surface area contributed by atoms with Gasteiger partial charge < -0.3 is 15.6 Å². The highest BCUT2D eigenvalue weighted by Crippen LogP contribution is 1.87. The summed E-state index contributed by atoms with van der Waals surface area (Å²) in [5.41, 5.74) is 9.00. The van der Waals surface area contributed by atoms with E-state index in [1.54, 1.807) is 0 Å². The van der Waals surface area contributed by atoms with E-state index in [0.717, 1.165) is 0 Å². The lowest BCUT2D eigenvalue weighted by Gasteiger charge is -2.10. The molecular weight excluding hydrogens is 218 g/mol. The van der Waals surface area contributed by atoms with E-state index in [1.165, 1.54) is 6.08 Å². The smallest absolute Gasteiger partial charge is 0.426 e. The number of hydrogen-bond acceptors (Lipinski definition) is 5. The first kappa shape index (κ1) is 13.9. The first-order valence-electron chi connectivity index (χ1n) is 4.28. The van der Waals surface area contributed by atoms with Crippen LogP contribution < -0.4 is 16.6 Å². The van der Waals surface area contributed by atoms with Crippen molar-refractivity contribution in [3.8, 4) is 0 Å². The number of rotatable bonds is 5. The summed E-state index contributed by atoms with van der Waals surface area (Å²) in [6, 6.07) is -1.24. The molecule has 0 aliphatic rings. The molecule has 0 aromatic rings. The lowest BCUT2D eigenvalue weighted by atomic mass is 10.2. The zero-order valence-corrected chi connectivity index (χ0v) is 8.43. The van der Waals surface area contributed by atoms with Crippen molar-refractivity contribution in [1.29, 1.82) is 0 Å². The lowest BCUT2D eigenvalue weighted by Crippen LogP contribution is -2.50. The molecule has 0 aliphatic carbocycles. The fourth-order valence-electron chi connectivity index (χ4n) is 0.657. The molecule has 0 bridgehead atoms. The van der Waals surface area contributed by atoms with Crippen LogP contribution in [0.3, 0.4) is 0 Å². The second-order valence-electron chi connectivity index (χ2n) is 2.71. The topological polar surface area (TPSA) is 131 Å². The third kappa shape index (κ3) is 6.38. The molecule has 0 spiro atoms. The summed E-state index contributed by atoms with van der Waals surface area (Å²) >= 11 is 0. The number of ether oxygens (including phenoxy) is 1. The summed E-state index contributed by atoms with van der Waals surface area (Å²) < 4.78 is 4.46. The second-order valence-corrected chi connectivity index (χ2v) is 2.71. The van der Waals surface area contributed by atoms with E-state index in [0.29, 0.717) is 0 Å². The molecule has 0 radical (unpaired) electrons. The summed E-state index contributed by atoms with van der Waals surface area (Å²) in [6.07, 6.45) is -0.0805. The first-order chi connectivity index (χ1) is 7.47. The summed E-state index contributed by atoms with van der Waals surface area (Å²) in [7, 11) is 0. The Kier molecular flexibility index (Phi) is 6.29. The van der Waals surface area contributed by atoms with Gasteiger partial charge in [0.2, 0.25) is 0 Å². The van der Waals surface area contributed by atoms with E-state index in [-0.39, 0.29) is 6.61 Å². The van der Waals surface area contributed by atoms with Gasteiger partial charge in [-0.3, -0.25) is 15.0 Å². The number of hydrazine groups is 1. The lowest BCUT2D eigenvalue weighted by molar-refractivity contribution is -0.139. The number of carboxylic acids is 1. The van der Waals surface area contributed by atoms with Crippen LogP contribution in [-0.2, 0) is 14.3 Å². The van der Waals surface area contributed by atoms with Crippen molar-refractivity contribution in [2.45, 2.75) is 12.5 Å². The van der Waals surface area contributed by atoms with Crippen LogP contribution in [0.5, 0.6) is 0 Å². The van der Waals surface area contributed by atoms with Crippen LogP contribution in [0.2, 0.25) is 0 Å². The molecule has 0 aliphatic heterocycles. The van der Waals surface area contributed by atoms with Gasteiger partial charge in [-0.05, 0) is 0 Å². The van der Waals surface area contributed by atoms with Crippen molar-refractivity contribution < 1.29 is 24.2 Å². The molecule has 0 heterocycles. The van der Waals surface area contributed by atoms with Crippen LogP contribution in [-0.4, -0.2) is 35.7 Å². The maximum Gasteiger partial charge on any atom is 0.426 e. The molecular formula is C8H13N3O5. The van der Waals surface area contributed by atoms with Gasteiger partial charge >= 0.3 is 12.1 Å². The quantitative estimate of drug-likeness (QED) is 0.344. The maximum absolute atomic E-state index is 11.1. The molecule has 0 fully saturated rings. The number of carbonyl (C=O) groups excluding carboxylic acids is 2. The molecule has 0 aromatic heterocycles. The number of nitrogens with two attached hydrogens (primary N) is 1. The number of hydrogen-bond donors (Lipinski definition) is 4. The molecule has 16 heavy (non-hydrogen) atoms. The highest BCUT2D eigenvalue weighted by Gasteiger charge is 2.17. The predicted octanol–water partition coefficient (Wildman–Crippen LogP) is -1.27. The van der Waals surface area contributed by atoms with E-state index in [9.17, 15) is 14.4 Å².